The average Bonchev–Trinajstić information content (AvgIpc) is 3.15. The highest BCUT2D eigenvalue weighted by molar-refractivity contribution is 5.55. The van der Waals surface area contributed by atoms with Crippen LogP contribution in [0.3, 0.4) is 0 Å². The van der Waals surface area contributed by atoms with Gasteiger partial charge in [-0.3, -0.25) is 5.10 Å². The monoisotopic (exact) mass is 341 g/mol. The van der Waals surface area contributed by atoms with Crippen LogP contribution in [0.1, 0.15) is 37.4 Å². The fraction of sp³-hybridized carbons (Fsp3) is 0.579. The molecule has 0 bridgehead atoms. The van der Waals surface area contributed by atoms with E-state index in [4.69, 9.17) is 9.72 Å². The molecule has 25 heavy (non-hydrogen) atoms. The van der Waals surface area contributed by atoms with Gasteiger partial charge >= 0.3 is 0 Å². The van der Waals surface area contributed by atoms with Crippen molar-refractivity contribution in [2.24, 2.45) is 0 Å². The number of nitrogens with one attached hydrogen (secondary N) is 2. The Kier molecular flexibility index (Phi) is 4.99. The van der Waals surface area contributed by atoms with E-state index in [1.165, 1.54) is 0 Å². The van der Waals surface area contributed by atoms with Crippen molar-refractivity contribution >= 4 is 0 Å². The van der Waals surface area contributed by atoms with Crippen molar-refractivity contribution < 1.29 is 4.74 Å². The summed E-state index contributed by atoms with van der Waals surface area (Å²) < 4.78 is 6.11. The average molecular weight is 341 g/mol. The van der Waals surface area contributed by atoms with Crippen LogP contribution in [0.25, 0.3) is 11.4 Å². The molecule has 2 N–H and O–H groups in total. The van der Waals surface area contributed by atoms with Gasteiger partial charge in [0.1, 0.15) is 17.7 Å². The lowest BCUT2D eigenvalue weighted by molar-refractivity contribution is 0.114. The fourth-order valence-electron chi connectivity index (χ4n) is 3.66. The van der Waals surface area contributed by atoms with Gasteiger partial charge < -0.3 is 15.0 Å². The van der Waals surface area contributed by atoms with E-state index < -0.39 is 0 Å². The van der Waals surface area contributed by atoms with Gasteiger partial charge in [0.25, 0.3) is 0 Å². The predicted molar refractivity (Wildman–Crippen MR) is 97.8 cm³/mol. The largest absolute Gasteiger partial charge is 0.490 e. The molecule has 2 fully saturated rings. The molecule has 2 aromatic rings. The number of aromatic nitrogens is 3. The Morgan fingerprint density at radius 3 is 2.48 bits per heavy atom. The maximum absolute atomic E-state index is 6.11. The van der Waals surface area contributed by atoms with Gasteiger partial charge in [0, 0.05) is 24.6 Å². The van der Waals surface area contributed by atoms with Crippen LogP contribution in [0.2, 0.25) is 0 Å². The number of hydrogen-bond donors (Lipinski definition) is 2. The molecule has 3 heterocycles. The summed E-state index contributed by atoms with van der Waals surface area (Å²) in [5.41, 5.74) is 1.03. The maximum atomic E-state index is 6.11. The number of likely N-dealkylation sites (tertiary alicyclic amines) is 1. The second kappa shape index (κ2) is 7.54. The number of benzene rings is 1. The van der Waals surface area contributed by atoms with Crippen molar-refractivity contribution in [3.8, 4) is 17.1 Å². The van der Waals surface area contributed by atoms with Crippen LogP contribution in [-0.4, -0.2) is 59.4 Å². The summed E-state index contributed by atoms with van der Waals surface area (Å²) in [6, 6.07) is 8.18. The first kappa shape index (κ1) is 16.5. The fourth-order valence-corrected chi connectivity index (χ4v) is 3.66. The SMILES string of the molecule is CN1CCC(Oc2ccc(-c3n[nH]c(C4CCNCC4)n3)cc2)CC1. The third-order valence-electron chi connectivity index (χ3n) is 5.31. The Balaban J connectivity index is 1.39. The summed E-state index contributed by atoms with van der Waals surface area (Å²) in [4.78, 5) is 7.07. The van der Waals surface area contributed by atoms with Crippen molar-refractivity contribution in [2.75, 3.05) is 33.2 Å². The van der Waals surface area contributed by atoms with Gasteiger partial charge in [-0.2, -0.15) is 5.10 Å². The van der Waals surface area contributed by atoms with E-state index >= 15 is 0 Å². The minimum atomic E-state index is 0.331. The van der Waals surface area contributed by atoms with Crippen LogP contribution in [0.4, 0.5) is 0 Å². The van der Waals surface area contributed by atoms with Crippen molar-refractivity contribution in [1.82, 2.24) is 25.4 Å². The minimum absolute atomic E-state index is 0.331. The summed E-state index contributed by atoms with van der Waals surface area (Å²) in [6.45, 7) is 4.34. The molecule has 0 unspecified atom stereocenters. The second-order valence-corrected chi connectivity index (χ2v) is 7.21. The van der Waals surface area contributed by atoms with E-state index in [-0.39, 0.29) is 0 Å². The highest BCUT2D eigenvalue weighted by atomic mass is 16.5. The Bertz CT molecular complexity index is 669. The molecule has 134 valence electrons. The molecule has 6 heteroatoms. The molecule has 0 spiro atoms. The molecule has 0 aliphatic carbocycles. The Morgan fingerprint density at radius 1 is 1.04 bits per heavy atom. The van der Waals surface area contributed by atoms with Crippen molar-refractivity contribution in [3.05, 3.63) is 30.1 Å². The minimum Gasteiger partial charge on any atom is -0.490 e. The lowest BCUT2D eigenvalue weighted by Crippen LogP contribution is -2.35. The number of H-pyrrole nitrogens is 1. The highest BCUT2D eigenvalue weighted by Gasteiger charge is 2.20. The molecule has 2 saturated heterocycles. The number of nitrogens with zero attached hydrogens (tertiary/aromatic N) is 3. The zero-order valence-electron chi connectivity index (χ0n) is 14.9. The summed E-state index contributed by atoms with van der Waals surface area (Å²) in [5.74, 6) is 3.23. The molecule has 0 radical (unpaired) electrons. The molecule has 0 saturated carbocycles. The molecule has 4 rings (SSSR count). The molecule has 2 aliphatic rings. The van der Waals surface area contributed by atoms with Crippen molar-refractivity contribution in [3.63, 3.8) is 0 Å². The smallest absolute Gasteiger partial charge is 0.181 e. The molecule has 0 amide bonds. The summed E-state index contributed by atoms with van der Waals surface area (Å²) in [6.07, 6.45) is 4.77. The first-order valence-corrected chi connectivity index (χ1v) is 9.36. The topological polar surface area (TPSA) is 66.1 Å². The summed E-state index contributed by atoms with van der Waals surface area (Å²) in [7, 11) is 2.17. The van der Waals surface area contributed by atoms with Gasteiger partial charge in [0.2, 0.25) is 0 Å². The Hall–Kier alpha value is -1.92. The van der Waals surface area contributed by atoms with Crippen LogP contribution >= 0.6 is 0 Å². The first-order chi connectivity index (χ1) is 12.3. The zero-order chi connectivity index (χ0) is 17.1. The third kappa shape index (κ3) is 4.02. The number of piperidine rings is 2. The lowest BCUT2D eigenvalue weighted by Gasteiger charge is -2.29. The highest BCUT2D eigenvalue weighted by Crippen LogP contribution is 2.26. The molecule has 1 aromatic heterocycles. The molecule has 0 atom stereocenters. The maximum Gasteiger partial charge on any atom is 0.181 e. The van der Waals surface area contributed by atoms with E-state index in [0.29, 0.717) is 12.0 Å². The quantitative estimate of drug-likeness (QED) is 0.894. The Morgan fingerprint density at radius 2 is 1.76 bits per heavy atom. The van der Waals surface area contributed by atoms with Gasteiger partial charge in [-0.1, -0.05) is 0 Å². The molecule has 1 aromatic carbocycles. The van der Waals surface area contributed by atoms with Crippen molar-refractivity contribution in [1.29, 1.82) is 0 Å². The third-order valence-corrected chi connectivity index (χ3v) is 5.31. The van der Waals surface area contributed by atoms with Crippen LogP contribution in [-0.2, 0) is 0 Å². The van der Waals surface area contributed by atoms with Gasteiger partial charge in [-0.05, 0) is 70.1 Å². The van der Waals surface area contributed by atoms with E-state index in [0.717, 1.165) is 74.8 Å². The number of ether oxygens (including phenoxy) is 1. The van der Waals surface area contributed by atoms with E-state index in [9.17, 15) is 0 Å². The predicted octanol–water partition coefficient (Wildman–Crippen LogP) is 2.41. The molecule has 2 aliphatic heterocycles. The Labute approximate surface area is 149 Å². The van der Waals surface area contributed by atoms with Crippen LogP contribution in [0.15, 0.2) is 24.3 Å². The molecular weight excluding hydrogens is 314 g/mol. The summed E-state index contributed by atoms with van der Waals surface area (Å²) >= 11 is 0. The van der Waals surface area contributed by atoms with Crippen LogP contribution in [0, 0.1) is 0 Å². The van der Waals surface area contributed by atoms with E-state index in [2.05, 4.69) is 39.6 Å². The van der Waals surface area contributed by atoms with Gasteiger partial charge in [-0.15, -0.1) is 0 Å². The standard InChI is InChI=1S/C19H27N5O/c1-24-12-8-17(9-13-24)25-16-4-2-14(3-5-16)18-21-19(23-22-18)15-6-10-20-11-7-15/h2-5,15,17,20H,6-13H2,1H3,(H,21,22,23). The molecular formula is C19H27N5O. The van der Waals surface area contributed by atoms with E-state index in [1.54, 1.807) is 0 Å². The van der Waals surface area contributed by atoms with Gasteiger partial charge in [0.05, 0.1) is 0 Å². The normalized spacial score (nSPS) is 20.7. The van der Waals surface area contributed by atoms with Crippen LogP contribution < -0.4 is 10.1 Å². The second-order valence-electron chi connectivity index (χ2n) is 7.21. The molecule has 6 nitrogen and oxygen atoms in total. The van der Waals surface area contributed by atoms with Gasteiger partial charge in [0.15, 0.2) is 5.82 Å². The zero-order valence-corrected chi connectivity index (χ0v) is 14.9. The summed E-state index contributed by atoms with van der Waals surface area (Å²) in [5, 5.41) is 10.9. The van der Waals surface area contributed by atoms with Gasteiger partial charge in [-0.25, -0.2) is 4.98 Å². The number of aromatic amines is 1. The van der Waals surface area contributed by atoms with E-state index in [1.807, 2.05) is 12.1 Å². The number of hydrogen-bond acceptors (Lipinski definition) is 5. The van der Waals surface area contributed by atoms with Crippen molar-refractivity contribution in [2.45, 2.75) is 37.7 Å². The number of rotatable bonds is 4. The lowest BCUT2D eigenvalue weighted by atomic mass is 9.98. The van der Waals surface area contributed by atoms with Crippen LogP contribution in [0.5, 0.6) is 5.75 Å². The first-order valence-electron chi connectivity index (χ1n) is 9.36.